The van der Waals surface area contributed by atoms with E-state index in [1.807, 2.05) is 4.90 Å². The van der Waals surface area contributed by atoms with Crippen molar-refractivity contribution in [3.05, 3.63) is 47.2 Å². The lowest BCUT2D eigenvalue weighted by molar-refractivity contribution is -0.130. The molecule has 9 heteroatoms. The van der Waals surface area contributed by atoms with E-state index >= 15 is 0 Å². The van der Waals surface area contributed by atoms with Gasteiger partial charge in [-0.2, -0.15) is 0 Å². The van der Waals surface area contributed by atoms with Crippen molar-refractivity contribution in [1.82, 2.24) is 14.9 Å². The number of anilines is 1. The van der Waals surface area contributed by atoms with Crippen molar-refractivity contribution in [1.29, 1.82) is 0 Å². The molecule has 1 aromatic heterocycles. The molecule has 0 aliphatic carbocycles. The fourth-order valence-corrected chi connectivity index (χ4v) is 3.64. The number of halogens is 3. The maximum atomic E-state index is 14.5. The molecular weight excluding hydrogens is 409 g/mol. The third kappa shape index (κ3) is 5.65. The predicted molar refractivity (Wildman–Crippen MR) is 111 cm³/mol. The molecule has 2 heterocycles. The van der Waals surface area contributed by atoms with E-state index in [1.165, 1.54) is 12.1 Å². The molecule has 0 radical (unpaired) electrons. The number of hydrogen-bond acceptors (Lipinski definition) is 5. The summed E-state index contributed by atoms with van der Waals surface area (Å²) in [6.07, 6.45) is 0.351. The van der Waals surface area contributed by atoms with Crippen LogP contribution in [-0.4, -0.2) is 40.5 Å². The number of carbonyl (C=O) groups is 1. The van der Waals surface area contributed by atoms with Gasteiger partial charge in [-0.1, -0.05) is 18.2 Å². The molecule has 0 saturated carbocycles. The number of carbonyl (C=O) groups excluding carboxylic acids is 1. The molecule has 168 valence electrons. The van der Waals surface area contributed by atoms with Crippen molar-refractivity contribution in [2.24, 2.45) is 5.92 Å². The topological polar surface area (TPSA) is 67.4 Å². The number of hydrogen-bond donors (Lipinski definition) is 1. The van der Waals surface area contributed by atoms with Crippen LogP contribution in [-0.2, 0) is 4.79 Å². The number of ether oxygens (including phenoxy) is 1. The van der Waals surface area contributed by atoms with Crippen molar-refractivity contribution in [3.63, 3.8) is 0 Å². The molecule has 1 fully saturated rings. The molecule has 1 aliphatic rings. The molecule has 1 aromatic carbocycles. The summed E-state index contributed by atoms with van der Waals surface area (Å²) < 4.78 is 46.6. The number of rotatable bonds is 7. The second kappa shape index (κ2) is 9.98. The van der Waals surface area contributed by atoms with Gasteiger partial charge in [-0.05, 0) is 32.6 Å². The molecule has 1 N–H and O–H groups in total. The van der Waals surface area contributed by atoms with E-state index < -0.39 is 23.8 Å². The van der Waals surface area contributed by atoms with Gasteiger partial charge in [0.2, 0.25) is 5.91 Å². The number of likely N-dealkylation sites (tertiary alicyclic amines) is 1. The van der Waals surface area contributed by atoms with E-state index in [9.17, 15) is 18.0 Å². The third-order valence-electron chi connectivity index (χ3n) is 5.52. The first-order valence-electron chi connectivity index (χ1n) is 10.3. The highest BCUT2D eigenvalue weighted by Gasteiger charge is 2.23. The Morgan fingerprint density at radius 2 is 1.97 bits per heavy atom. The van der Waals surface area contributed by atoms with Crippen LogP contribution in [0.1, 0.15) is 56.1 Å². The summed E-state index contributed by atoms with van der Waals surface area (Å²) in [5.74, 6) is 0.735. The van der Waals surface area contributed by atoms with Crippen LogP contribution in [0.5, 0.6) is 5.75 Å². The Morgan fingerprint density at radius 1 is 1.29 bits per heavy atom. The standard InChI is InChI=1S/C22H27F3N4O2/c1-13(17-5-4-6-18(20(17)23)21(24)25)27-22-19(11-26-14(2)28-22)31-12-16-7-9-29(10-8-16)15(3)30/h4-6,11,13,16,21H,7-10,12H2,1-3H3,(H,26,27,28)/t13-/m1/s1. The molecule has 1 amide bonds. The van der Waals surface area contributed by atoms with E-state index in [-0.39, 0.29) is 11.5 Å². The predicted octanol–water partition coefficient (Wildman–Crippen LogP) is 4.67. The summed E-state index contributed by atoms with van der Waals surface area (Å²) in [6, 6.07) is 3.34. The molecule has 1 atom stereocenters. The van der Waals surface area contributed by atoms with E-state index in [1.54, 1.807) is 27.0 Å². The van der Waals surface area contributed by atoms with Crippen LogP contribution >= 0.6 is 0 Å². The van der Waals surface area contributed by atoms with Crippen LogP contribution < -0.4 is 10.1 Å². The highest BCUT2D eigenvalue weighted by atomic mass is 19.3. The first-order chi connectivity index (χ1) is 14.8. The van der Waals surface area contributed by atoms with Crippen molar-refractivity contribution < 1.29 is 22.7 Å². The number of amides is 1. The molecule has 0 unspecified atom stereocenters. The van der Waals surface area contributed by atoms with Crippen LogP contribution in [0, 0.1) is 18.7 Å². The van der Waals surface area contributed by atoms with Crippen molar-refractivity contribution in [2.75, 3.05) is 25.0 Å². The molecule has 3 rings (SSSR count). The Labute approximate surface area is 179 Å². The van der Waals surface area contributed by atoms with Crippen LogP contribution in [0.4, 0.5) is 19.0 Å². The summed E-state index contributed by atoms with van der Waals surface area (Å²) in [6.45, 7) is 6.81. The largest absolute Gasteiger partial charge is 0.488 e. The molecular formula is C22H27F3N4O2. The zero-order valence-electron chi connectivity index (χ0n) is 17.9. The first-order valence-corrected chi connectivity index (χ1v) is 10.3. The molecule has 0 bridgehead atoms. The van der Waals surface area contributed by atoms with Crippen LogP contribution in [0.25, 0.3) is 0 Å². The molecule has 31 heavy (non-hydrogen) atoms. The number of alkyl halides is 2. The fraction of sp³-hybridized carbons (Fsp3) is 0.500. The smallest absolute Gasteiger partial charge is 0.266 e. The Morgan fingerprint density at radius 3 is 2.61 bits per heavy atom. The Kier molecular flexibility index (Phi) is 7.35. The molecule has 6 nitrogen and oxygen atoms in total. The number of aryl methyl sites for hydroxylation is 1. The van der Waals surface area contributed by atoms with Gasteiger partial charge in [0, 0.05) is 25.6 Å². The minimum absolute atomic E-state index is 0.0786. The van der Waals surface area contributed by atoms with Gasteiger partial charge in [-0.3, -0.25) is 4.79 Å². The minimum Gasteiger partial charge on any atom is -0.488 e. The lowest BCUT2D eigenvalue weighted by Crippen LogP contribution is -2.38. The highest BCUT2D eigenvalue weighted by Crippen LogP contribution is 2.31. The maximum Gasteiger partial charge on any atom is 0.266 e. The molecule has 2 aromatic rings. The summed E-state index contributed by atoms with van der Waals surface area (Å²) in [7, 11) is 0. The number of nitrogens with one attached hydrogen (secondary N) is 1. The second-order valence-corrected chi connectivity index (χ2v) is 7.81. The van der Waals surface area contributed by atoms with E-state index in [0.29, 0.717) is 43.0 Å². The molecule has 0 spiro atoms. The van der Waals surface area contributed by atoms with E-state index in [2.05, 4.69) is 15.3 Å². The summed E-state index contributed by atoms with van der Waals surface area (Å²) in [5, 5.41) is 3.07. The van der Waals surface area contributed by atoms with Crippen LogP contribution in [0.2, 0.25) is 0 Å². The van der Waals surface area contributed by atoms with Crippen molar-refractivity contribution in [2.45, 2.75) is 46.1 Å². The van der Waals surface area contributed by atoms with Crippen LogP contribution in [0.15, 0.2) is 24.4 Å². The Bertz CT molecular complexity index is 918. The SMILES string of the molecule is CC(=O)N1CCC(COc2cnc(C)nc2N[C@H](C)c2cccc(C(F)F)c2F)CC1. The van der Waals surface area contributed by atoms with Gasteiger partial charge in [-0.15, -0.1) is 0 Å². The van der Waals surface area contributed by atoms with Gasteiger partial charge in [0.15, 0.2) is 11.6 Å². The lowest BCUT2D eigenvalue weighted by Gasteiger charge is -2.31. The quantitative estimate of drug-likeness (QED) is 0.683. The zero-order valence-corrected chi connectivity index (χ0v) is 17.9. The van der Waals surface area contributed by atoms with Gasteiger partial charge in [0.25, 0.3) is 6.43 Å². The van der Waals surface area contributed by atoms with E-state index in [0.717, 1.165) is 18.9 Å². The second-order valence-electron chi connectivity index (χ2n) is 7.81. The number of piperidine rings is 1. The minimum atomic E-state index is -2.89. The monoisotopic (exact) mass is 436 g/mol. The molecule has 1 saturated heterocycles. The van der Waals surface area contributed by atoms with Crippen molar-refractivity contribution in [3.8, 4) is 5.75 Å². The summed E-state index contributed by atoms with van der Waals surface area (Å²) >= 11 is 0. The zero-order chi connectivity index (χ0) is 22.5. The maximum absolute atomic E-state index is 14.5. The molecule has 1 aliphatic heterocycles. The van der Waals surface area contributed by atoms with Crippen molar-refractivity contribution >= 4 is 11.7 Å². The van der Waals surface area contributed by atoms with Crippen LogP contribution in [0.3, 0.4) is 0 Å². The fourth-order valence-electron chi connectivity index (χ4n) is 3.64. The Hall–Kier alpha value is -2.84. The van der Waals surface area contributed by atoms with Gasteiger partial charge < -0.3 is 15.0 Å². The summed E-state index contributed by atoms with van der Waals surface area (Å²) in [5.41, 5.74) is -0.505. The lowest BCUT2D eigenvalue weighted by atomic mass is 9.98. The average molecular weight is 436 g/mol. The normalized spacial score (nSPS) is 15.8. The number of aromatic nitrogens is 2. The number of benzene rings is 1. The van der Waals surface area contributed by atoms with Gasteiger partial charge in [0.1, 0.15) is 11.6 Å². The number of nitrogens with zero attached hydrogens (tertiary/aromatic N) is 3. The highest BCUT2D eigenvalue weighted by molar-refractivity contribution is 5.73. The van der Waals surface area contributed by atoms with Gasteiger partial charge in [-0.25, -0.2) is 23.1 Å². The first kappa shape index (κ1) is 22.8. The van der Waals surface area contributed by atoms with Gasteiger partial charge in [0.05, 0.1) is 24.4 Å². The Balaban J connectivity index is 1.69. The van der Waals surface area contributed by atoms with E-state index in [4.69, 9.17) is 4.74 Å². The summed E-state index contributed by atoms with van der Waals surface area (Å²) in [4.78, 5) is 21.8. The van der Waals surface area contributed by atoms with Gasteiger partial charge >= 0.3 is 0 Å². The third-order valence-corrected chi connectivity index (χ3v) is 5.52. The average Bonchev–Trinajstić information content (AvgIpc) is 2.73.